The number of H-pyrrole nitrogens is 1. The summed E-state index contributed by atoms with van der Waals surface area (Å²) in [6, 6.07) is 0.738. The molecular formula is C15H22N4OS. The second kappa shape index (κ2) is 5.65. The normalized spacial score (nSPS) is 26.3. The zero-order valence-corrected chi connectivity index (χ0v) is 13.1. The van der Waals surface area contributed by atoms with Crippen LogP contribution in [-0.4, -0.2) is 69.6 Å². The summed E-state index contributed by atoms with van der Waals surface area (Å²) < 4.78 is 0. The molecule has 0 unspecified atom stereocenters. The third-order valence-electron chi connectivity index (χ3n) is 5.03. The lowest BCUT2D eigenvalue weighted by atomic mass is 10.1. The molecule has 4 rings (SSSR count). The molecule has 3 heterocycles. The average molecular weight is 306 g/mol. The van der Waals surface area contributed by atoms with Gasteiger partial charge in [-0.3, -0.25) is 14.8 Å². The standard InChI is InChI=1S/C15H22N4OS/c20-15(14-12-2-1-3-13(12)16-17-14)19-7-5-18(6-8-19)11-4-9-21-10-11/h11H,1-10H2,(H,16,17)/t11-/m0/s1. The number of hydrogen-bond donors (Lipinski definition) is 1. The first kappa shape index (κ1) is 13.6. The predicted molar refractivity (Wildman–Crippen MR) is 83.8 cm³/mol. The van der Waals surface area contributed by atoms with E-state index in [2.05, 4.69) is 26.9 Å². The molecule has 2 saturated heterocycles. The molecule has 114 valence electrons. The van der Waals surface area contributed by atoms with Crippen molar-refractivity contribution in [3.8, 4) is 0 Å². The Morgan fingerprint density at radius 3 is 2.86 bits per heavy atom. The van der Waals surface area contributed by atoms with E-state index in [4.69, 9.17) is 0 Å². The Morgan fingerprint density at radius 2 is 2.10 bits per heavy atom. The van der Waals surface area contributed by atoms with Crippen LogP contribution in [0.3, 0.4) is 0 Å². The number of nitrogens with one attached hydrogen (secondary N) is 1. The number of rotatable bonds is 2. The van der Waals surface area contributed by atoms with E-state index in [0.29, 0.717) is 5.69 Å². The topological polar surface area (TPSA) is 52.2 Å². The SMILES string of the molecule is O=C(c1n[nH]c2c1CCC2)N1CCN([C@H]2CCSC2)CC1. The third kappa shape index (κ3) is 2.48. The van der Waals surface area contributed by atoms with Gasteiger partial charge in [0.2, 0.25) is 0 Å². The van der Waals surface area contributed by atoms with Crippen molar-refractivity contribution < 1.29 is 4.79 Å². The number of aromatic nitrogens is 2. The number of aromatic amines is 1. The maximum absolute atomic E-state index is 12.7. The highest BCUT2D eigenvalue weighted by atomic mass is 32.2. The molecule has 0 bridgehead atoms. The highest BCUT2D eigenvalue weighted by molar-refractivity contribution is 7.99. The van der Waals surface area contributed by atoms with Gasteiger partial charge in [-0.05, 0) is 31.4 Å². The number of hydrogen-bond acceptors (Lipinski definition) is 4. The molecule has 6 heteroatoms. The number of carbonyl (C=O) groups excluding carboxylic acids is 1. The minimum absolute atomic E-state index is 0.134. The Bertz CT molecular complexity index is 530. The van der Waals surface area contributed by atoms with Gasteiger partial charge in [-0.2, -0.15) is 16.9 Å². The van der Waals surface area contributed by atoms with Gasteiger partial charge in [0.25, 0.3) is 5.91 Å². The van der Waals surface area contributed by atoms with Crippen LogP contribution >= 0.6 is 11.8 Å². The van der Waals surface area contributed by atoms with E-state index >= 15 is 0 Å². The Kier molecular flexibility index (Phi) is 3.67. The highest BCUT2D eigenvalue weighted by Gasteiger charge is 2.31. The summed E-state index contributed by atoms with van der Waals surface area (Å²) in [7, 11) is 0. The molecule has 1 N–H and O–H groups in total. The van der Waals surface area contributed by atoms with E-state index in [-0.39, 0.29) is 5.91 Å². The van der Waals surface area contributed by atoms with Crippen LogP contribution in [0.15, 0.2) is 0 Å². The van der Waals surface area contributed by atoms with Gasteiger partial charge in [0, 0.05) is 49.2 Å². The van der Waals surface area contributed by atoms with E-state index in [0.717, 1.165) is 51.5 Å². The number of aryl methyl sites for hydroxylation is 1. The quantitative estimate of drug-likeness (QED) is 0.891. The minimum atomic E-state index is 0.134. The Hall–Kier alpha value is -1.01. The molecule has 1 atom stereocenters. The monoisotopic (exact) mass is 306 g/mol. The largest absolute Gasteiger partial charge is 0.335 e. The maximum atomic E-state index is 12.7. The fraction of sp³-hybridized carbons (Fsp3) is 0.733. The average Bonchev–Trinajstić information content (AvgIpc) is 3.24. The smallest absolute Gasteiger partial charge is 0.274 e. The third-order valence-corrected chi connectivity index (χ3v) is 6.18. The summed E-state index contributed by atoms with van der Waals surface area (Å²) in [4.78, 5) is 17.2. The molecular weight excluding hydrogens is 284 g/mol. The highest BCUT2D eigenvalue weighted by Crippen LogP contribution is 2.25. The summed E-state index contributed by atoms with van der Waals surface area (Å²) in [5.74, 6) is 2.69. The number of thioether (sulfide) groups is 1. The van der Waals surface area contributed by atoms with Crippen LogP contribution in [-0.2, 0) is 12.8 Å². The van der Waals surface area contributed by atoms with E-state index < -0.39 is 0 Å². The molecule has 1 aromatic rings. The molecule has 1 aromatic heterocycles. The van der Waals surface area contributed by atoms with Crippen molar-refractivity contribution in [2.45, 2.75) is 31.7 Å². The van der Waals surface area contributed by atoms with Crippen molar-refractivity contribution >= 4 is 17.7 Å². The van der Waals surface area contributed by atoms with Crippen molar-refractivity contribution in [3.05, 3.63) is 17.0 Å². The van der Waals surface area contributed by atoms with Crippen LogP contribution in [0.2, 0.25) is 0 Å². The fourth-order valence-corrected chi connectivity index (χ4v) is 5.00. The summed E-state index contributed by atoms with van der Waals surface area (Å²) in [6.45, 7) is 3.73. The zero-order valence-electron chi connectivity index (χ0n) is 12.3. The maximum Gasteiger partial charge on any atom is 0.274 e. The first-order valence-electron chi connectivity index (χ1n) is 8.00. The molecule has 0 aromatic carbocycles. The van der Waals surface area contributed by atoms with Gasteiger partial charge in [-0.25, -0.2) is 0 Å². The lowest BCUT2D eigenvalue weighted by Gasteiger charge is -2.37. The molecule has 3 aliphatic rings. The van der Waals surface area contributed by atoms with Gasteiger partial charge in [-0.15, -0.1) is 0 Å². The Balaban J connectivity index is 1.40. The molecule has 1 amide bonds. The van der Waals surface area contributed by atoms with Gasteiger partial charge in [0.15, 0.2) is 5.69 Å². The lowest BCUT2D eigenvalue weighted by Crippen LogP contribution is -2.52. The summed E-state index contributed by atoms with van der Waals surface area (Å²) in [6.07, 6.45) is 4.51. The number of nitrogens with zero attached hydrogens (tertiary/aromatic N) is 3. The first-order valence-corrected chi connectivity index (χ1v) is 9.15. The van der Waals surface area contributed by atoms with Gasteiger partial charge in [-0.1, -0.05) is 0 Å². The van der Waals surface area contributed by atoms with Crippen molar-refractivity contribution in [2.24, 2.45) is 0 Å². The summed E-state index contributed by atoms with van der Waals surface area (Å²) in [5, 5.41) is 7.33. The van der Waals surface area contributed by atoms with Gasteiger partial charge in [0.1, 0.15) is 0 Å². The Labute approximate surface area is 129 Å². The van der Waals surface area contributed by atoms with Crippen LogP contribution in [0.25, 0.3) is 0 Å². The van der Waals surface area contributed by atoms with Crippen molar-refractivity contribution in [1.29, 1.82) is 0 Å². The lowest BCUT2D eigenvalue weighted by molar-refractivity contribution is 0.0582. The molecule has 1 aliphatic carbocycles. The fourth-order valence-electron chi connectivity index (χ4n) is 3.75. The molecule has 0 saturated carbocycles. The summed E-state index contributed by atoms with van der Waals surface area (Å²) >= 11 is 2.06. The first-order chi connectivity index (χ1) is 10.3. The summed E-state index contributed by atoms with van der Waals surface area (Å²) in [5.41, 5.74) is 3.04. The zero-order chi connectivity index (χ0) is 14.2. The van der Waals surface area contributed by atoms with E-state index in [1.165, 1.54) is 29.2 Å². The van der Waals surface area contributed by atoms with Crippen molar-refractivity contribution in [1.82, 2.24) is 20.0 Å². The molecule has 0 spiro atoms. The van der Waals surface area contributed by atoms with Crippen LogP contribution in [0.4, 0.5) is 0 Å². The van der Waals surface area contributed by atoms with Gasteiger partial charge in [0.05, 0.1) is 0 Å². The second-order valence-electron chi connectivity index (χ2n) is 6.23. The van der Waals surface area contributed by atoms with Crippen LogP contribution in [0.1, 0.15) is 34.6 Å². The number of piperazine rings is 1. The van der Waals surface area contributed by atoms with Gasteiger partial charge >= 0.3 is 0 Å². The van der Waals surface area contributed by atoms with Crippen LogP contribution in [0.5, 0.6) is 0 Å². The van der Waals surface area contributed by atoms with Crippen molar-refractivity contribution in [3.63, 3.8) is 0 Å². The van der Waals surface area contributed by atoms with Crippen LogP contribution < -0.4 is 0 Å². The molecule has 5 nitrogen and oxygen atoms in total. The van der Waals surface area contributed by atoms with Crippen molar-refractivity contribution in [2.75, 3.05) is 37.7 Å². The Morgan fingerprint density at radius 1 is 1.24 bits per heavy atom. The molecule has 2 fully saturated rings. The van der Waals surface area contributed by atoms with E-state index in [9.17, 15) is 4.79 Å². The van der Waals surface area contributed by atoms with E-state index in [1.54, 1.807) is 0 Å². The van der Waals surface area contributed by atoms with Crippen LogP contribution in [0, 0.1) is 0 Å². The number of amides is 1. The molecule has 2 aliphatic heterocycles. The number of carbonyl (C=O) groups is 1. The minimum Gasteiger partial charge on any atom is -0.335 e. The molecule has 21 heavy (non-hydrogen) atoms. The van der Waals surface area contributed by atoms with Gasteiger partial charge < -0.3 is 4.90 Å². The second-order valence-corrected chi connectivity index (χ2v) is 7.38. The number of fused-ring (bicyclic) bond motifs is 1. The van der Waals surface area contributed by atoms with E-state index in [1.807, 2.05) is 4.90 Å². The molecule has 0 radical (unpaired) electrons. The predicted octanol–water partition coefficient (Wildman–Crippen LogP) is 1.16.